The van der Waals surface area contributed by atoms with Crippen LogP contribution in [0.1, 0.15) is 0 Å². The molecule has 1 atom stereocenters. The molecule has 0 aromatic rings. The maximum Gasteiger partial charge on any atom is 0.173 e. The fourth-order valence-corrected chi connectivity index (χ4v) is 1.09. The number of hydrogen-bond acceptors (Lipinski definition) is 3. The van der Waals surface area contributed by atoms with Gasteiger partial charge in [-0.25, -0.2) is 8.42 Å². The van der Waals surface area contributed by atoms with E-state index in [1.54, 1.807) is 0 Å². The van der Waals surface area contributed by atoms with Gasteiger partial charge in [0.25, 0.3) is 0 Å². The summed E-state index contributed by atoms with van der Waals surface area (Å²) < 4.78 is 26.0. The van der Waals surface area contributed by atoms with Crippen molar-refractivity contribution in [3.63, 3.8) is 0 Å². The average Bonchev–Trinajstić information content (AvgIpc) is 2.40. The number of sulfone groups is 1. The second-order valence-electron chi connectivity index (χ2n) is 2.06. The van der Waals surface area contributed by atoms with Crippen molar-refractivity contribution in [2.75, 3.05) is 12.9 Å². The number of rotatable bonds is 2. The smallest absolute Gasteiger partial charge is 0.173 e. The van der Waals surface area contributed by atoms with E-state index < -0.39 is 9.84 Å². The summed E-state index contributed by atoms with van der Waals surface area (Å²) in [6.45, 7) is 3.88. The Morgan fingerprint density at radius 2 is 2.22 bits per heavy atom. The Morgan fingerprint density at radius 3 is 2.33 bits per heavy atom. The molecule has 0 spiro atoms. The molecule has 3 nitrogen and oxygen atoms in total. The van der Waals surface area contributed by atoms with Crippen molar-refractivity contribution in [3.8, 4) is 0 Å². The van der Waals surface area contributed by atoms with Gasteiger partial charge in [0.15, 0.2) is 9.84 Å². The predicted molar refractivity (Wildman–Crippen MR) is 33.7 cm³/mol. The molecule has 1 aliphatic rings. The first-order valence-corrected chi connectivity index (χ1v) is 4.41. The van der Waals surface area contributed by atoms with Gasteiger partial charge in [0.2, 0.25) is 0 Å². The van der Waals surface area contributed by atoms with E-state index in [1.807, 2.05) is 0 Å². The third kappa shape index (κ3) is 1.53. The first-order valence-electron chi connectivity index (χ1n) is 2.52. The van der Waals surface area contributed by atoms with Gasteiger partial charge in [0.1, 0.15) is 6.10 Å². The Bertz CT molecular complexity index is 223. The fraction of sp³-hybridized carbons (Fsp3) is 0.600. The summed E-state index contributed by atoms with van der Waals surface area (Å²) in [7, 11) is -3.06. The van der Waals surface area contributed by atoms with Gasteiger partial charge in [-0.1, -0.05) is 6.58 Å². The van der Waals surface area contributed by atoms with Crippen molar-refractivity contribution in [2.24, 2.45) is 0 Å². The minimum absolute atomic E-state index is 0.197. The quantitative estimate of drug-likeness (QED) is 0.515. The van der Waals surface area contributed by atoms with Crippen LogP contribution in [0.15, 0.2) is 11.5 Å². The van der Waals surface area contributed by atoms with Crippen LogP contribution in [0.25, 0.3) is 0 Å². The standard InChI is InChI=1S/C5H8O3S/c1-4(5-3-8-5)9(2,6)7/h5H,1,3H2,2H3/t5-/m0/s1. The highest BCUT2D eigenvalue weighted by Crippen LogP contribution is 2.21. The van der Waals surface area contributed by atoms with E-state index >= 15 is 0 Å². The van der Waals surface area contributed by atoms with Gasteiger partial charge in [-0.3, -0.25) is 0 Å². The molecule has 0 N–H and O–H groups in total. The lowest BCUT2D eigenvalue weighted by molar-refractivity contribution is 0.436. The van der Waals surface area contributed by atoms with Crippen molar-refractivity contribution in [1.82, 2.24) is 0 Å². The molecule has 4 heteroatoms. The van der Waals surface area contributed by atoms with Gasteiger partial charge < -0.3 is 4.74 Å². The number of epoxide rings is 1. The average molecular weight is 148 g/mol. The van der Waals surface area contributed by atoms with E-state index in [0.29, 0.717) is 6.61 Å². The molecule has 0 amide bonds. The Morgan fingerprint density at radius 1 is 1.78 bits per heavy atom. The van der Waals surface area contributed by atoms with Crippen LogP contribution in [0.5, 0.6) is 0 Å². The molecule has 0 radical (unpaired) electrons. The molecule has 9 heavy (non-hydrogen) atoms. The molecule has 0 bridgehead atoms. The first-order chi connectivity index (χ1) is 4.02. The fourth-order valence-electron chi connectivity index (χ4n) is 0.473. The van der Waals surface area contributed by atoms with Gasteiger partial charge in [-0.2, -0.15) is 0 Å². The summed E-state index contributed by atoms with van der Waals surface area (Å²) in [4.78, 5) is 0.197. The Balaban J connectivity index is 2.73. The highest BCUT2D eigenvalue weighted by atomic mass is 32.2. The molecule has 1 rings (SSSR count). The zero-order chi connectivity index (χ0) is 7.07. The maximum absolute atomic E-state index is 10.6. The van der Waals surface area contributed by atoms with Crippen LogP contribution in [0.2, 0.25) is 0 Å². The molecule has 1 saturated heterocycles. The van der Waals surface area contributed by atoms with Gasteiger partial charge in [0, 0.05) is 6.26 Å². The second kappa shape index (κ2) is 1.82. The zero-order valence-electron chi connectivity index (χ0n) is 5.12. The van der Waals surface area contributed by atoms with Crippen LogP contribution in [-0.2, 0) is 14.6 Å². The van der Waals surface area contributed by atoms with Crippen molar-refractivity contribution in [2.45, 2.75) is 6.10 Å². The largest absolute Gasteiger partial charge is 0.367 e. The van der Waals surface area contributed by atoms with Gasteiger partial charge >= 0.3 is 0 Å². The lowest BCUT2D eigenvalue weighted by atomic mass is 10.5. The molecule has 0 aliphatic carbocycles. The third-order valence-corrected chi connectivity index (χ3v) is 2.38. The van der Waals surface area contributed by atoms with Crippen LogP contribution >= 0.6 is 0 Å². The molecule has 1 heterocycles. The van der Waals surface area contributed by atoms with E-state index in [2.05, 4.69) is 6.58 Å². The summed E-state index contributed by atoms with van der Waals surface area (Å²) in [5, 5.41) is 0. The normalized spacial score (nSPS) is 25.7. The third-order valence-electron chi connectivity index (χ3n) is 1.17. The molecule has 0 unspecified atom stereocenters. The Labute approximate surface area is 54.2 Å². The summed E-state index contributed by atoms with van der Waals surface area (Å²) in [5.74, 6) is 0. The van der Waals surface area contributed by atoms with Crippen LogP contribution in [0.4, 0.5) is 0 Å². The summed E-state index contributed by atoms with van der Waals surface area (Å²) in [6, 6.07) is 0. The highest BCUT2D eigenvalue weighted by molar-refractivity contribution is 7.94. The van der Waals surface area contributed by atoms with Crippen molar-refractivity contribution >= 4 is 9.84 Å². The molecular formula is C5H8O3S. The molecule has 0 aromatic heterocycles. The topological polar surface area (TPSA) is 46.7 Å². The lowest BCUT2D eigenvalue weighted by Crippen LogP contribution is -2.04. The molecule has 52 valence electrons. The van der Waals surface area contributed by atoms with Crippen LogP contribution < -0.4 is 0 Å². The van der Waals surface area contributed by atoms with Gasteiger partial charge in [0.05, 0.1) is 11.5 Å². The van der Waals surface area contributed by atoms with E-state index in [1.165, 1.54) is 0 Å². The first kappa shape index (κ1) is 6.77. The Kier molecular flexibility index (Phi) is 1.36. The lowest BCUT2D eigenvalue weighted by Gasteiger charge is -1.94. The van der Waals surface area contributed by atoms with E-state index in [0.717, 1.165) is 6.26 Å². The minimum atomic E-state index is -3.06. The molecule has 0 aromatic carbocycles. The van der Waals surface area contributed by atoms with E-state index in [4.69, 9.17) is 4.74 Å². The summed E-state index contributed by atoms with van der Waals surface area (Å²) in [6.07, 6.45) is 0.914. The second-order valence-corrected chi connectivity index (χ2v) is 4.13. The van der Waals surface area contributed by atoms with Crippen LogP contribution in [-0.4, -0.2) is 27.4 Å². The summed E-state index contributed by atoms with van der Waals surface area (Å²) in [5.41, 5.74) is 0. The van der Waals surface area contributed by atoms with Crippen molar-refractivity contribution in [1.29, 1.82) is 0 Å². The van der Waals surface area contributed by atoms with Gasteiger partial charge in [-0.05, 0) is 0 Å². The zero-order valence-corrected chi connectivity index (χ0v) is 5.94. The molecule has 0 saturated carbocycles. The van der Waals surface area contributed by atoms with Crippen LogP contribution in [0.3, 0.4) is 0 Å². The predicted octanol–water partition coefficient (Wildman–Crippen LogP) is -0.0565. The monoisotopic (exact) mass is 148 g/mol. The van der Waals surface area contributed by atoms with E-state index in [9.17, 15) is 8.42 Å². The maximum atomic E-state index is 10.6. The minimum Gasteiger partial charge on any atom is -0.367 e. The molecule has 1 aliphatic heterocycles. The molecule has 1 fully saturated rings. The summed E-state index contributed by atoms with van der Waals surface area (Å²) >= 11 is 0. The van der Waals surface area contributed by atoms with Crippen molar-refractivity contribution in [3.05, 3.63) is 11.5 Å². The van der Waals surface area contributed by atoms with Crippen molar-refractivity contribution < 1.29 is 13.2 Å². The number of ether oxygens (including phenoxy) is 1. The molecular weight excluding hydrogens is 140 g/mol. The SMILES string of the molecule is C=C([C@@H]1CO1)S(C)(=O)=O. The van der Waals surface area contributed by atoms with E-state index in [-0.39, 0.29) is 11.0 Å². The Hall–Kier alpha value is -0.350. The van der Waals surface area contributed by atoms with Gasteiger partial charge in [-0.15, -0.1) is 0 Å². The van der Waals surface area contributed by atoms with Crippen LogP contribution in [0, 0.1) is 0 Å². The highest BCUT2D eigenvalue weighted by Gasteiger charge is 2.31. The number of hydrogen-bond donors (Lipinski definition) is 0.